The molecule has 1 aliphatic heterocycles. The summed E-state index contributed by atoms with van der Waals surface area (Å²) < 4.78 is 28.9. The smallest absolute Gasteiger partial charge is 0.330 e. The van der Waals surface area contributed by atoms with Crippen molar-refractivity contribution in [2.75, 3.05) is 36.3 Å². The zero-order chi connectivity index (χ0) is 15.6. The first-order valence-corrected chi connectivity index (χ1v) is 8.24. The Bertz CT molecular complexity index is 736. The van der Waals surface area contributed by atoms with Gasteiger partial charge in [0, 0.05) is 13.2 Å². The fourth-order valence-electron chi connectivity index (χ4n) is 2.24. The highest BCUT2D eigenvalue weighted by atomic mass is 32.2. The van der Waals surface area contributed by atoms with Crippen molar-refractivity contribution in [2.45, 2.75) is 19.0 Å². The number of H-pyrrole nitrogens is 1. The van der Waals surface area contributed by atoms with E-state index < -0.39 is 21.1 Å². The Hall–Kier alpha value is -1.81. The molecule has 1 aliphatic rings. The maximum Gasteiger partial charge on any atom is 0.330 e. The third kappa shape index (κ3) is 3.45. The Morgan fingerprint density at radius 1 is 1.48 bits per heavy atom. The average molecular weight is 318 g/mol. The number of nitrogens with zero attached hydrogens (tertiary/aromatic N) is 1. The molecule has 0 saturated carbocycles. The standard InChI is InChI=1S/C11H18N4O5S/c1-20-4-3-15-9(12)8(10(16)14-11(15)17)13-7-2-5-21(18,19)6-7/h7,13H,2-6,12H2,1H3,(H,14,16,17). The van der Waals surface area contributed by atoms with Gasteiger partial charge in [0.1, 0.15) is 11.5 Å². The van der Waals surface area contributed by atoms with Crippen molar-refractivity contribution in [1.82, 2.24) is 9.55 Å². The molecule has 2 rings (SSSR count). The number of hydrogen-bond donors (Lipinski definition) is 3. The summed E-state index contributed by atoms with van der Waals surface area (Å²) in [4.78, 5) is 25.7. The molecule has 1 fully saturated rings. The molecule has 1 unspecified atom stereocenters. The predicted octanol–water partition coefficient (Wildman–Crippen LogP) is -1.64. The van der Waals surface area contributed by atoms with Gasteiger partial charge in [0.2, 0.25) is 0 Å². The van der Waals surface area contributed by atoms with Crippen molar-refractivity contribution in [2.24, 2.45) is 0 Å². The van der Waals surface area contributed by atoms with E-state index in [4.69, 9.17) is 10.5 Å². The molecule has 0 radical (unpaired) electrons. The third-order valence-electron chi connectivity index (χ3n) is 3.34. The lowest BCUT2D eigenvalue weighted by atomic mass is 10.2. The number of rotatable bonds is 5. The fourth-order valence-corrected chi connectivity index (χ4v) is 3.92. The minimum atomic E-state index is -3.08. The van der Waals surface area contributed by atoms with E-state index in [1.54, 1.807) is 0 Å². The molecule has 1 aromatic heterocycles. The highest BCUT2D eigenvalue weighted by Gasteiger charge is 2.29. The number of aromatic amines is 1. The fraction of sp³-hybridized carbons (Fsp3) is 0.636. The first-order valence-electron chi connectivity index (χ1n) is 6.42. The lowest BCUT2D eigenvalue weighted by molar-refractivity contribution is 0.186. The average Bonchev–Trinajstić information content (AvgIpc) is 2.74. The predicted molar refractivity (Wildman–Crippen MR) is 78.3 cm³/mol. The molecule has 0 bridgehead atoms. The number of methoxy groups -OCH3 is 1. The van der Waals surface area contributed by atoms with Gasteiger partial charge in [-0.1, -0.05) is 0 Å². The van der Waals surface area contributed by atoms with Crippen LogP contribution in [0.25, 0.3) is 0 Å². The first-order chi connectivity index (χ1) is 9.84. The van der Waals surface area contributed by atoms with Crippen LogP contribution in [0.4, 0.5) is 11.5 Å². The molecule has 1 aromatic rings. The second-order valence-electron chi connectivity index (χ2n) is 4.91. The van der Waals surface area contributed by atoms with E-state index in [9.17, 15) is 18.0 Å². The molecule has 1 saturated heterocycles. The van der Waals surface area contributed by atoms with E-state index in [1.165, 1.54) is 11.7 Å². The molecular formula is C11H18N4O5S. The van der Waals surface area contributed by atoms with Crippen LogP contribution in [0.2, 0.25) is 0 Å². The van der Waals surface area contributed by atoms with Gasteiger partial charge in [-0.15, -0.1) is 0 Å². The molecule has 0 spiro atoms. The summed E-state index contributed by atoms with van der Waals surface area (Å²) in [6.07, 6.45) is 0.401. The van der Waals surface area contributed by atoms with Crippen LogP contribution in [0.3, 0.4) is 0 Å². The highest BCUT2D eigenvalue weighted by molar-refractivity contribution is 7.91. The molecule has 9 nitrogen and oxygen atoms in total. The van der Waals surface area contributed by atoms with Gasteiger partial charge in [0.25, 0.3) is 5.56 Å². The zero-order valence-electron chi connectivity index (χ0n) is 11.6. The van der Waals surface area contributed by atoms with Gasteiger partial charge in [-0.25, -0.2) is 13.2 Å². The minimum absolute atomic E-state index is 0.0211. The van der Waals surface area contributed by atoms with E-state index in [2.05, 4.69) is 10.3 Å². The van der Waals surface area contributed by atoms with Crippen LogP contribution in [0.15, 0.2) is 9.59 Å². The number of hydrogen-bond acceptors (Lipinski definition) is 7. The van der Waals surface area contributed by atoms with Crippen molar-refractivity contribution in [3.63, 3.8) is 0 Å². The number of sulfone groups is 1. The van der Waals surface area contributed by atoms with Crippen LogP contribution in [-0.2, 0) is 21.1 Å². The highest BCUT2D eigenvalue weighted by Crippen LogP contribution is 2.18. The molecular weight excluding hydrogens is 300 g/mol. The maximum absolute atomic E-state index is 11.8. The Morgan fingerprint density at radius 3 is 2.76 bits per heavy atom. The molecule has 10 heteroatoms. The molecule has 4 N–H and O–H groups in total. The number of nitrogens with two attached hydrogens (primary N) is 1. The Morgan fingerprint density at radius 2 is 2.19 bits per heavy atom. The molecule has 0 aliphatic carbocycles. The van der Waals surface area contributed by atoms with E-state index in [0.29, 0.717) is 6.42 Å². The van der Waals surface area contributed by atoms with Gasteiger partial charge in [-0.05, 0) is 6.42 Å². The first kappa shape index (κ1) is 15.6. The largest absolute Gasteiger partial charge is 0.383 e. The number of aromatic nitrogens is 2. The van der Waals surface area contributed by atoms with E-state index in [-0.39, 0.29) is 42.2 Å². The molecule has 0 amide bonds. The van der Waals surface area contributed by atoms with E-state index in [1.807, 2.05) is 0 Å². The quantitative estimate of drug-likeness (QED) is 0.592. The zero-order valence-corrected chi connectivity index (χ0v) is 12.4. The topological polar surface area (TPSA) is 136 Å². The SMILES string of the molecule is COCCn1c(N)c(NC2CCS(=O)(=O)C2)c(=O)[nH]c1=O. The van der Waals surface area contributed by atoms with Gasteiger partial charge in [-0.2, -0.15) is 0 Å². The van der Waals surface area contributed by atoms with Gasteiger partial charge < -0.3 is 15.8 Å². The molecule has 21 heavy (non-hydrogen) atoms. The normalized spacial score (nSPS) is 20.5. The molecule has 1 atom stereocenters. The van der Waals surface area contributed by atoms with Crippen LogP contribution >= 0.6 is 0 Å². The molecule has 0 aromatic carbocycles. The summed E-state index contributed by atoms with van der Waals surface area (Å²) in [6, 6.07) is -0.383. The van der Waals surface area contributed by atoms with Gasteiger partial charge in [0.05, 0.1) is 24.7 Å². The molecule has 2 heterocycles. The summed E-state index contributed by atoms with van der Waals surface area (Å²) in [5.74, 6) is -0.000371. The van der Waals surface area contributed by atoms with Crippen molar-refractivity contribution in [3.8, 4) is 0 Å². The van der Waals surface area contributed by atoms with Crippen molar-refractivity contribution >= 4 is 21.3 Å². The number of anilines is 2. The van der Waals surface area contributed by atoms with Gasteiger partial charge in [-0.3, -0.25) is 14.3 Å². The number of nitrogen functional groups attached to an aromatic ring is 1. The second kappa shape index (κ2) is 5.90. The Balaban J connectivity index is 2.31. The summed E-state index contributed by atoms with van der Waals surface area (Å²) in [5, 5.41) is 2.83. The van der Waals surface area contributed by atoms with Crippen LogP contribution < -0.4 is 22.3 Å². The van der Waals surface area contributed by atoms with Crippen molar-refractivity contribution in [3.05, 3.63) is 20.8 Å². The van der Waals surface area contributed by atoms with Crippen molar-refractivity contribution in [1.29, 1.82) is 0 Å². The maximum atomic E-state index is 11.8. The number of nitrogens with one attached hydrogen (secondary N) is 2. The summed E-state index contributed by atoms with van der Waals surface area (Å²) in [7, 11) is -1.60. The minimum Gasteiger partial charge on any atom is -0.383 e. The summed E-state index contributed by atoms with van der Waals surface area (Å²) in [6.45, 7) is 0.447. The lowest BCUT2D eigenvalue weighted by Gasteiger charge is -2.16. The lowest BCUT2D eigenvalue weighted by Crippen LogP contribution is -2.36. The summed E-state index contributed by atoms with van der Waals surface area (Å²) in [5.41, 5.74) is 4.59. The van der Waals surface area contributed by atoms with E-state index in [0.717, 1.165) is 0 Å². The Labute approximate surface area is 121 Å². The van der Waals surface area contributed by atoms with E-state index >= 15 is 0 Å². The third-order valence-corrected chi connectivity index (χ3v) is 5.11. The number of ether oxygens (including phenoxy) is 1. The summed E-state index contributed by atoms with van der Waals surface area (Å²) >= 11 is 0. The second-order valence-corrected chi connectivity index (χ2v) is 7.14. The van der Waals surface area contributed by atoms with Crippen LogP contribution in [0, 0.1) is 0 Å². The van der Waals surface area contributed by atoms with Gasteiger partial charge in [0.15, 0.2) is 9.84 Å². The Kier molecular flexibility index (Phi) is 4.37. The van der Waals surface area contributed by atoms with Gasteiger partial charge >= 0.3 is 5.69 Å². The van der Waals surface area contributed by atoms with Crippen LogP contribution in [-0.4, -0.2) is 49.2 Å². The van der Waals surface area contributed by atoms with Crippen molar-refractivity contribution < 1.29 is 13.2 Å². The monoisotopic (exact) mass is 318 g/mol. The van der Waals surface area contributed by atoms with Crippen LogP contribution in [0.5, 0.6) is 0 Å². The molecule has 118 valence electrons. The van der Waals surface area contributed by atoms with Crippen LogP contribution in [0.1, 0.15) is 6.42 Å².